The highest BCUT2D eigenvalue weighted by molar-refractivity contribution is 4.80. The molecule has 0 aliphatic heterocycles. The number of ether oxygens (including phenoxy) is 1. The van der Waals surface area contributed by atoms with Crippen LogP contribution in [0.2, 0.25) is 0 Å². The highest BCUT2D eigenvalue weighted by Gasteiger charge is 2.28. The zero-order valence-electron chi connectivity index (χ0n) is 8.25. The molecule has 0 radical (unpaired) electrons. The predicted molar refractivity (Wildman–Crippen MR) is 51.0 cm³/mol. The third-order valence-corrected chi connectivity index (χ3v) is 2.57. The van der Waals surface area contributed by atoms with Crippen LogP contribution >= 0.6 is 0 Å². The third kappa shape index (κ3) is 3.11. The van der Waals surface area contributed by atoms with Gasteiger partial charge in [-0.1, -0.05) is 13.8 Å². The summed E-state index contributed by atoms with van der Waals surface area (Å²) in [6.07, 6.45) is 4.09. The fourth-order valence-electron chi connectivity index (χ4n) is 1.47. The van der Waals surface area contributed by atoms with Crippen LogP contribution < -0.4 is 5.73 Å². The maximum Gasteiger partial charge on any atom is 0.0581 e. The summed E-state index contributed by atoms with van der Waals surface area (Å²) in [5.74, 6) is 1.50. The molecule has 1 aliphatic carbocycles. The molecule has 2 heteroatoms. The zero-order valence-corrected chi connectivity index (χ0v) is 8.25. The Morgan fingerprint density at radius 2 is 2.08 bits per heavy atom. The molecule has 1 fully saturated rings. The van der Waals surface area contributed by atoms with E-state index < -0.39 is 0 Å². The van der Waals surface area contributed by atoms with Crippen LogP contribution in [0.5, 0.6) is 0 Å². The van der Waals surface area contributed by atoms with Gasteiger partial charge in [-0.2, -0.15) is 0 Å². The Morgan fingerprint density at radius 3 is 2.58 bits per heavy atom. The van der Waals surface area contributed by atoms with Gasteiger partial charge in [0.2, 0.25) is 0 Å². The average molecular weight is 171 g/mol. The van der Waals surface area contributed by atoms with Crippen molar-refractivity contribution in [3.8, 4) is 0 Å². The van der Waals surface area contributed by atoms with E-state index in [1.807, 2.05) is 0 Å². The van der Waals surface area contributed by atoms with Gasteiger partial charge >= 0.3 is 0 Å². The maximum atomic E-state index is 5.67. The van der Waals surface area contributed by atoms with Gasteiger partial charge in [-0.05, 0) is 37.6 Å². The van der Waals surface area contributed by atoms with Crippen molar-refractivity contribution in [3.63, 3.8) is 0 Å². The summed E-state index contributed by atoms with van der Waals surface area (Å²) in [7, 11) is 0. The van der Waals surface area contributed by atoms with E-state index >= 15 is 0 Å². The van der Waals surface area contributed by atoms with Gasteiger partial charge in [0.1, 0.15) is 0 Å². The molecule has 1 rings (SSSR count). The molecule has 1 saturated carbocycles. The fourth-order valence-corrected chi connectivity index (χ4v) is 1.47. The molecule has 0 spiro atoms. The quantitative estimate of drug-likeness (QED) is 0.684. The predicted octanol–water partition coefficient (Wildman–Crippen LogP) is 1.79. The van der Waals surface area contributed by atoms with Crippen molar-refractivity contribution in [2.45, 2.75) is 39.2 Å². The maximum absolute atomic E-state index is 5.67. The lowest BCUT2D eigenvalue weighted by Gasteiger charge is -2.34. The Hall–Kier alpha value is -0.0800. The van der Waals surface area contributed by atoms with Gasteiger partial charge in [-0.15, -0.1) is 0 Å². The van der Waals surface area contributed by atoms with Crippen LogP contribution in [-0.2, 0) is 4.74 Å². The van der Waals surface area contributed by atoms with Crippen LogP contribution in [0, 0.1) is 11.8 Å². The molecule has 2 N–H and O–H groups in total. The first kappa shape index (κ1) is 10.0. The Labute approximate surface area is 75.5 Å². The van der Waals surface area contributed by atoms with Gasteiger partial charge in [0.25, 0.3) is 0 Å². The lowest BCUT2D eigenvalue weighted by molar-refractivity contribution is -0.0313. The number of rotatable bonds is 5. The van der Waals surface area contributed by atoms with E-state index in [1.54, 1.807) is 0 Å². The summed E-state index contributed by atoms with van der Waals surface area (Å²) in [5, 5.41) is 0. The van der Waals surface area contributed by atoms with Crippen LogP contribution in [0.25, 0.3) is 0 Å². The van der Waals surface area contributed by atoms with Crippen molar-refractivity contribution in [1.29, 1.82) is 0 Å². The summed E-state index contributed by atoms with van der Waals surface area (Å²) in [6, 6.07) is 0. The highest BCUT2D eigenvalue weighted by Crippen LogP contribution is 2.29. The van der Waals surface area contributed by atoms with E-state index in [-0.39, 0.29) is 0 Å². The van der Waals surface area contributed by atoms with Crippen molar-refractivity contribution in [2.24, 2.45) is 17.6 Å². The third-order valence-electron chi connectivity index (χ3n) is 2.57. The molecular formula is C10H21NO. The Morgan fingerprint density at radius 1 is 1.42 bits per heavy atom. The van der Waals surface area contributed by atoms with E-state index in [4.69, 9.17) is 10.5 Å². The molecule has 0 aromatic carbocycles. The van der Waals surface area contributed by atoms with E-state index in [2.05, 4.69) is 13.8 Å². The first-order valence-electron chi connectivity index (χ1n) is 5.04. The second-order valence-electron chi connectivity index (χ2n) is 4.25. The Balaban J connectivity index is 1.90. The van der Waals surface area contributed by atoms with Crippen LogP contribution in [0.15, 0.2) is 0 Å². The van der Waals surface area contributed by atoms with E-state index in [1.165, 1.54) is 19.3 Å². The van der Waals surface area contributed by atoms with Crippen LogP contribution in [0.1, 0.15) is 33.1 Å². The number of hydrogen-bond donors (Lipinski definition) is 1. The van der Waals surface area contributed by atoms with Crippen LogP contribution in [0.4, 0.5) is 0 Å². The van der Waals surface area contributed by atoms with Crippen molar-refractivity contribution in [3.05, 3.63) is 0 Å². The molecule has 0 saturated heterocycles. The molecule has 0 atom stereocenters. The van der Waals surface area contributed by atoms with E-state index in [0.717, 1.165) is 25.0 Å². The van der Waals surface area contributed by atoms with Crippen molar-refractivity contribution >= 4 is 0 Å². The molecule has 12 heavy (non-hydrogen) atoms. The van der Waals surface area contributed by atoms with Gasteiger partial charge < -0.3 is 10.5 Å². The molecule has 0 amide bonds. The normalized spacial score (nSPS) is 29.0. The van der Waals surface area contributed by atoms with Crippen molar-refractivity contribution in [1.82, 2.24) is 0 Å². The molecule has 72 valence electrons. The van der Waals surface area contributed by atoms with Crippen LogP contribution in [-0.4, -0.2) is 19.3 Å². The van der Waals surface area contributed by atoms with E-state index in [0.29, 0.717) is 6.10 Å². The van der Waals surface area contributed by atoms with Gasteiger partial charge in [-0.3, -0.25) is 0 Å². The highest BCUT2D eigenvalue weighted by atomic mass is 16.5. The SMILES string of the molecule is CC(C)CCOC1CC(CN)C1. The minimum Gasteiger partial charge on any atom is -0.378 e. The molecule has 1 aliphatic rings. The summed E-state index contributed by atoms with van der Waals surface area (Å²) in [5.41, 5.74) is 5.52. The largest absolute Gasteiger partial charge is 0.378 e. The minimum absolute atomic E-state index is 0.525. The smallest absolute Gasteiger partial charge is 0.0581 e. The minimum atomic E-state index is 0.525. The molecule has 0 aromatic rings. The molecule has 0 bridgehead atoms. The van der Waals surface area contributed by atoms with Crippen LogP contribution in [0.3, 0.4) is 0 Å². The first-order chi connectivity index (χ1) is 5.72. The summed E-state index contributed by atoms with van der Waals surface area (Å²) in [6.45, 7) is 6.23. The molecular weight excluding hydrogens is 150 g/mol. The van der Waals surface area contributed by atoms with E-state index in [9.17, 15) is 0 Å². The lowest BCUT2D eigenvalue weighted by atomic mass is 9.82. The van der Waals surface area contributed by atoms with Gasteiger partial charge in [0.15, 0.2) is 0 Å². The number of hydrogen-bond acceptors (Lipinski definition) is 2. The zero-order chi connectivity index (χ0) is 8.97. The monoisotopic (exact) mass is 171 g/mol. The standard InChI is InChI=1S/C10H21NO/c1-8(2)3-4-12-10-5-9(6-10)7-11/h8-10H,3-7,11H2,1-2H3. The summed E-state index contributed by atoms with van der Waals surface area (Å²) < 4.78 is 5.67. The first-order valence-corrected chi connectivity index (χ1v) is 5.04. The topological polar surface area (TPSA) is 35.2 Å². The number of nitrogens with two attached hydrogens (primary N) is 1. The second kappa shape index (κ2) is 4.83. The average Bonchev–Trinajstić information content (AvgIpc) is 1.93. The Kier molecular flexibility index (Phi) is 4.02. The van der Waals surface area contributed by atoms with Crippen molar-refractivity contribution < 1.29 is 4.74 Å². The van der Waals surface area contributed by atoms with Gasteiger partial charge in [0, 0.05) is 6.61 Å². The van der Waals surface area contributed by atoms with Gasteiger partial charge in [-0.25, -0.2) is 0 Å². The molecule has 2 nitrogen and oxygen atoms in total. The fraction of sp³-hybridized carbons (Fsp3) is 1.00. The lowest BCUT2D eigenvalue weighted by Crippen LogP contribution is -2.36. The molecule has 0 aromatic heterocycles. The van der Waals surface area contributed by atoms with Crippen molar-refractivity contribution in [2.75, 3.05) is 13.2 Å². The summed E-state index contributed by atoms with van der Waals surface area (Å²) >= 11 is 0. The molecule has 0 unspecified atom stereocenters. The summed E-state index contributed by atoms with van der Waals surface area (Å²) in [4.78, 5) is 0. The second-order valence-corrected chi connectivity index (χ2v) is 4.25. The Bertz CT molecular complexity index is 119. The molecule has 0 heterocycles. The van der Waals surface area contributed by atoms with Gasteiger partial charge in [0.05, 0.1) is 6.10 Å².